The van der Waals surface area contributed by atoms with E-state index in [1.807, 2.05) is 18.0 Å². The molecular weight excluding hydrogens is 304 g/mol. The fraction of sp³-hybridized carbons (Fsp3) is 0.294. The second kappa shape index (κ2) is 7.06. The Kier molecular flexibility index (Phi) is 4.68. The van der Waals surface area contributed by atoms with E-state index in [0.29, 0.717) is 35.9 Å². The number of para-hydroxylation sites is 1. The van der Waals surface area contributed by atoms with Crippen molar-refractivity contribution in [2.45, 2.75) is 0 Å². The summed E-state index contributed by atoms with van der Waals surface area (Å²) in [5.41, 5.74) is 1.62. The zero-order valence-corrected chi connectivity index (χ0v) is 13.4. The average Bonchev–Trinajstić information content (AvgIpc) is 2.63. The Hall–Kier alpha value is -2.98. The number of aromatic nitrogens is 2. The van der Waals surface area contributed by atoms with Gasteiger partial charge in [-0.3, -0.25) is 4.79 Å². The van der Waals surface area contributed by atoms with E-state index >= 15 is 0 Å². The number of benzene rings is 1. The summed E-state index contributed by atoms with van der Waals surface area (Å²) < 4.78 is 0. The van der Waals surface area contributed by atoms with Gasteiger partial charge in [0.25, 0.3) is 5.91 Å². The topological polar surface area (TPSA) is 85.1 Å². The maximum atomic E-state index is 12.4. The van der Waals surface area contributed by atoms with E-state index in [2.05, 4.69) is 26.3 Å². The first kappa shape index (κ1) is 15.9. The van der Waals surface area contributed by atoms with Crippen LogP contribution in [0.3, 0.4) is 0 Å². The molecule has 1 amide bonds. The molecule has 0 saturated carbocycles. The van der Waals surface area contributed by atoms with Gasteiger partial charge < -0.3 is 15.1 Å². The number of nitrogens with zero attached hydrogens (tertiary/aromatic N) is 5. The number of anilines is 2. The molecule has 1 saturated heterocycles. The summed E-state index contributed by atoms with van der Waals surface area (Å²) in [6.07, 6.45) is 3.04. The second-order valence-electron chi connectivity index (χ2n) is 5.67. The van der Waals surface area contributed by atoms with Gasteiger partial charge in [0.1, 0.15) is 6.07 Å². The highest BCUT2D eigenvalue weighted by atomic mass is 16.2. The van der Waals surface area contributed by atoms with Gasteiger partial charge in [0.05, 0.1) is 16.8 Å². The molecule has 1 aliphatic heterocycles. The number of amides is 1. The Morgan fingerprint density at radius 3 is 2.50 bits per heavy atom. The number of piperazine rings is 1. The normalized spacial score (nSPS) is 14.9. The van der Waals surface area contributed by atoms with Crippen molar-refractivity contribution in [1.82, 2.24) is 19.8 Å². The van der Waals surface area contributed by atoms with Crippen molar-refractivity contribution in [3.8, 4) is 6.07 Å². The zero-order valence-electron chi connectivity index (χ0n) is 13.4. The van der Waals surface area contributed by atoms with Gasteiger partial charge in [-0.2, -0.15) is 5.26 Å². The SMILES string of the molecule is CN1CCN(C(=O)c2cnc(Nc3ccccc3C#N)nc2)CC1. The van der Waals surface area contributed by atoms with Crippen molar-refractivity contribution < 1.29 is 4.79 Å². The summed E-state index contributed by atoms with van der Waals surface area (Å²) in [7, 11) is 2.05. The molecule has 0 unspecified atom stereocenters. The van der Waals surface area contributed by atoms with Crippen molar-refractivity contribution in [3.63, 3.8) is 0 Å². The van der Waals surface area contributed by atoms with E-state index in [1.165, 1.54) is 12.4 Å². The molecule has 24 heavy (non-hydrogen) atoms. The zero-order chi connectivity index (χ0) is 16.9. The van der Waals surface area contributed by atoms with Gasteiger partial charge in [-0.05, 0) is 19.2 Å². The molecule has 1 N–H and O–H groups in total. The van der Waals surface area contributed by atoms with Crippen molar-refractivity contribution in [1.29, 1.82) is 5.26 Å². The van der Waals surface area contributed by atoms with Crippen LogP contribution in [0.15, 0.2) is 36.7 Å². The Balaban J connectivity index is 1.69. The molecule has 7 nitrogen and oxygen atoms in total. The minimum atomic E-state index is -0.0490. The van der Waals surface area contributed by atoms with E-state index in [1.54, 1.807) is 18.2 Å². The van der Waals surface area contributed by atoms with Crippen molar-refractivity contribution in [3.05, 3.63) is 47.8 Å². The molecule has 7 heteroatoms. The first-order valence-electron chi connectivity index (χ1n) is 7.73. The molecule has 1 fully saturated rings. The summed E-state index contributed by atoms with van der Waals surface area (Å²) in [6, 6.07) is 9.23. The summed E-state index contributed by atoms with van der Waals surface area (Å²) >= 11 is 0. The van der Waals surface area contributed by atoms with Gasteiger partial charge in [0, 0.05) is 38.6 Å². The van der Waals surface area contributed by atoms with Crippen LogP contribution in [0.4, 0.5) is 11.6 Å². The van der Waals surface area contributed by atoms with E-state index < -0.39 is 0 Å². The van der Waals surface area contributed by atoms with E-state index in [9.17, 15) is 4.79 Å². The molecule has 0 aliphatic carbocycles. The van der Waals surface area contributed by atoms with Crippen molar-refractivity contribution in [2.24, 2.45) is 0 Å². The summed E-state index contributed by atoms with van der Waals surface area (Å²) in [4.78, 5) is 24.8. The molecule has 1 aromatic carbocycles. The van der Waals surface area contributed by atoms with Gasteiger partial charge in [-0.15, -0.1) is 0 Å². The highest BCUT2D eigenvalue weighted by Crippen LogP contribution is 2.17. The first-order valence-corrected chi connectivity index (χ1v) is 7.73. The molecule has 0 spiro atoms. The monoisotopic (exact) mass is 322 g/mol. The van der Waals surface area contributed by atoms with Gasteiger partial charge >= 0.3 is 0 Å². The van der Waals surface area contributed by atoms with Gasteiger partial charge in [-0.1, -0.05) is 12.1 Å². The number of carbonyl (C=O) groups excluding carboxylic acids is 1. The van der Waals surface area contributed by atoms with Crippen LogP contribution in [-0.4, -0.2) is 58.9 Å². The quantitative estimate of drug-likeness (QED) is 0.921. The van der Waals surface area contributed by atoms with Crippen LogP contribution in [0.25, 0.3) is 0 Å². The van der Waals surface area contributed by atoms with Crippen LogP contribution in [0, 0.1) is 11.3 Å². The average molecular weight is 322 g/mol. The lowest BCUT2D eigenvalue weighted by molar-refractivity contribution is 0.0663. The van der Waals surface area contributed by atoms with Crippen LogP contribution < -0.4 is 5.32 Å². The number of rotatable bonds is 3. The van der Waals surface area contributed by atoms with Crippen LogP contribution in [0.2, 0.25) is 0 Å². The molecular formula is C17H18N6O. The largest absolute Gasteiger partial charge is 0.336 e. The Bertz CT molecular complexity index is 759. The smallest absolute Gasteiger partial charge is 0.257 e. The molecule has 2 heterocycles. The Morgan fingerprint density at radius 1 is 1.17 bits per heavy atom. The third kappa shape index (κ3) is 3.50. The molecule has 0 atom stereocenters. The van der Waals surface area contributed by atoms with E-state index in [0.717, 1.165) is 13.1 Å². The van der Waals surface area contributed by atoms with Crippen LogP contribution in [0.1, 0.15) is 15.9 Å². The maximum Gasteiger partial charge on any atom is 0.257 e. The predicted molar refractivity (Wildman–Crippen MR) is 89.9 cm³/mol. The third-order valence-corrected chi connectivity index (χ3v) is 3.98. The number of carbonyl (C=O) groups is 1. The maximum absolute atomic E-state index is 12.4. The first-order chi connectivity index (χ1) is 11.7. The summed E-state index contributed by atoms with van der Waals surface area (Å²) in [5.74, 6) is 0.305. The highest BCUT2D eigenvalue weighted by Gasteiger charge is 2.20. The minimum Gasteiger partial charge on any atom is -0.336 e. The lowest BCUT2D eigenvalue weighted by Crippen LogP contribution is -2.47. The van der Waals surface area contributed by atoms with Gasteiger partial charge in [0.15, 0.2) is 0 Å². The van der Waals surface area contributed by atoms with Crippen LogP contribution >= 0.6 is 0 Å². The molecule has 1 aliphatic rings. The lowest BCUT2D eigenvalue weighted by Gasteiger charge is -2.32. The number of nitriles is 1. The van der Waals surface area contributed by atoms with Crippen molar-refractivity contribution >= 4 is 17.5 Å². The molecule has 1 aromatic heterocycles. The van der Waals surface area contributed by atoms with E-state index in [-0.39, 0.29) is 5.91 Å². The van der Waals surface area contributed by atoms with Gasteiger partial charge in [-0.25, -0.2) is 9.97 Å². The molecule has 0 radical (unpaired) electrons. The number of hydrogen-bond donors (Lipinski definition) is 1. The second-order valence-corrected chi connectivity index (χ2v) is 5.67. The van der Waals surface area contributed by atoms with Crippen molar-refractivity contribution in [2.75, 3.05) is 38.5 Å². The third-order valence-electron chi connectivity index (χ3n) is 3.98. The fourth-order valence-electron chi connectivity index (χ4n) is 2.51. The number of nitrogens with one attached hydrogen (secondary N) is 1. The van der Waals surface area contributed by atoms with Crippen LogP contribution in [-0.2, 0) is 0 Å². The Labute approximate surface area is 140 Å². The fourth-order valence-corrected chi connectivity index (χ4v) is 2.51. The Morgan fingerprint density at radius 2 is 1.83 bits per heavy atom. The molecule has 3 rings (SSSR count). The van der Waals surface area contributed by atoms with Gasteiger partial charge in [0.2, 0.25) is 5.95 Å². The highest BCUT2D eigenvalue weighted by molar-refractivity contribution is 5.93. The minimum absolute atomic E-state index is 0.0490. The number of likely N-dealkylation sites (N-methyl/N-ethyl adjacent to an activating group) is 1. The molecule has 122 valence electrons. The molecule has 2 aromatic rings. The standard InChI is InChI=1S/C17H18N6O/c1-22-6-8-23(9-7-22)16(24)14-11-19-17(20-12-14)21-15-5-3-2-4-13(15)10-18/h2-5,11-12H,6-9H2,1H3,(H,19,20,21). The van der Waals surface area contributed by atoms with Crippen LogP contribution in [0.5, 0.6) is 0 Å². The number of hydrogen-bond acceptors (Lipinski definition) is 6. The summed E-state index contributed by atoms with van der Waals surface area (Å²) in [5, 5.41) is 12.1. The predicted octanol–water partition coefficient (Wildman–Crippen LogP) is 1.48. The van der Waals surface area contributed by atoms with E-state index in [4.69, 9.17) is 5.26 Å². The molecule has 0 bridgehead atoms. The summed E-state index contributed by atoms with van der Waals surface area (Å²) in [6.45, 7) is 3.17. The lowest BCUT2D eigenvalue weighted by atomic mass is 10.2.